The van der Waals surface area contributed by atoms with Crippen molar-refractivity contribution in [3.05, 3.63) is 25.4 Å². The molecular weight excluding hydrogens is 331 g/mol. The fourth-order valence-corrected chi connectivity index (χ4v) is 2.56. The van der Waals surface area contributed by atoms with Crippen LogP contribution in [0.3, 0.4) is 0 Å². The van der Waals surface area contributed by atoms with Crippen LogP contribution in [0.25, 0.3) is 0 Å². The first-order valence-electron chi connectivity index (χ1n) is 5.69. The Morgan fingerprint density at radius 1 is 1.47 bits per heavy atom. The summed E-state index contributed by atoms with van der Waals surface area (Å²) in [6.45, 7) is 10.6. The lowest BCUT2D eigenvalue weighted by Gasteiger charge is -2.21. The number of hydrogen-bond acceptors (Lipinski definition) is 3. The van der Waals surface area contributed by atoms with E-state index in [9.17, 15) is 4.79 Å². The number of aromatic nitrogens is 2. The van der Waals surface area contributed by atoms with Crippen molar-refractivity contribution in [2.45, 2.75) is 46.1 Å². The standard InChI is InChI=1S/C12H19IN2O2/c1-6-17-7(2)10-14-9(12(3,4)5)8(13)11(16)15-10/h7H,6H2,1-5H3,(H,14,15,16). The van der Waals surface area contributed by atoms with E-state index in [0.29, 0.717) is 16.0 Å². The molecule has 0 saturated carbocycles. The van der Waals surface area contributed by atoms with Crippen LogP contribution in [-0.4, -0.2) is 16.6 Å². The molecule has 1 aromatic heterocycles. The largest absolute Gasteiger partial charge is 0.371 e. The molecule has 5 heteroatoms. The number of H-pyrrole nitrogens is 1. The van der Waals surface area contributed by atoms with Gasteiger partial charge in [0.1, 0.15) is 15.5 Å². The highest BCUT2D eigenvalue weighted by atomic mass is 127. The van der Waals surface area contributed by atoms with Crippen molar-refractivity contribution in [3.63, 3.8) is 0 Å². The Hall–Kier alpha value is -0.430. The maximum atomic E-state index is 11.9. The first-order valence-corrected chi connectivity index (χ1v) is 6.77. The van der Waals surface area contributed by atoms with Crippen molar-refractivity contribution in [3.8, 4) is 0 Å². The Kier molecular flexibility index (Phi) is 4.71. The van der Waals surface area contributed by atoms with Crippen molar-refractivity contribution in [2.24, 2.45) is 0 Å². The molecule has 0 radical (unpaired) electrons. The zero-order valence-electron chi connectivity index (χ0n) is 10.9. The summed E-state index contributed by atoms with van der Waals surface area (Å²) in [4.78, 5) is 19.2. The number of nitrogens with one attached hydrogen (secondary N) is 1. The lowest BCUT2D eigenvalue weighted by molar-refractivity contribution is 0.0695. The summed E-state index contributed by atoms with van der Waals surface area (Å²) in [5.41, 5.74) is 0.585. The van der Waals surface area contributed by atoms with Gasteiger partial charge in [-0.15, -0.1) is 0 Å². The van der Waals surface area contributed by atoms with E-state index in [1.165, 1.54) is 0 Å². The van der Waals surface area contributed by atoms with Crippen LogP contribution >= 0.6 is 22.6 Å². The number of nitrogens with zero attached hydrogens (tertiary/aromatic N) is 1. The second-order valence-electron chi connectivity index (χ2n) is 4.96. The minimum absolute atomic E-state index is 0.0907. The highest BCUT2D eigenvalue weighted by Crippen LogP contribution is 2.24. The number of hydrogen-bond donors (Lipinski definition) is 1. The van der Waals surface area contributed by atoms with E-state index < -0.39 is 0 Å². The fourth-order valence-electron chi connectivity index (χ4n) is 1.49. The van der Waals surface area contributed by atoms with Gasteiger partial charge in [0.25, 0.3) is 5.56 Å². The Balaban J connectivity index is 3.29. The van der Waals surface area contributed by atoms with E-state index in [4.69, 9.17) is 4.74 Å². The maximum absolute atomic E-state index is 11.9. The molecule has 1 rings (SSSR count). The van der Waals surface area contributed by atoms with Crippen molar-refractivity contribution in [1.29, 1.82) is 0 Å². The van der Waals surface area contributed by atoms with Gasteiger partial charge >= 0.3 is 0 Å². The van der Waals surface area contributed by atoms with Gasteiger partial charge in [-0.1, -0.05) is 20.8 Å². The summed E-state index contributed by atoms with van der Waals surface area (Å²) >= 11 is 2.04. The Morgan fingerprint density at radius 2 is 2.06 bits per heavy atom. The normalized spacial score (nSPS) is 13.8. The molecule has 0 aromatic carbocycles. The first kappa shape index (κ1) is 14.6. The predicted octanol–water partition coefficient (Wildman–Crippen LogP) is 2.77. The molecule has 0 saturated heterocycles. The average Bonchev–Trinajstić information content (AvgIpc) is 2.20. The van der Waals surface area contributed by atoms with E-state index in [1.807, 2.05) is 57.2 Å². The van der Waals surface area contributed by atoms with E-state index >= 15 is 0 Å². The highest BCUT2D eigenvalue weighted by molar-refractivity contribution is 14.1. The van der Waals surface area contributed by atoms with Crippen LogP contribution in [0, 0.1) is 3.57 Å². The van der Waals surface area contributed by atoms with Crippen molar-refractivity contribution in [2.75, 3.05) is 6.61 Å². The molecule has 0 bridgehead atoms. The SMILES string of the molecule is CCOC(C)c1nc(C(C)(C)C)c(I)c(=O)[nH]1. The third kappa shape index (κ3) is 3.51. The number of rotatable bonds is 3. The molecule has 4 nitrogen and oxygen atoms in total. The molecule has 0 spiro atoms. The summed E-state index contributed by atoms with van der Waals surface area (Å²) in [7, 11) is 0. The van der Waals surface area contributed by atoms with Crippen LogP contribution in [0.2, 0.25) is 0 Å². The Morgan fingerprint density at radius 3 is 2.53 bits per heavy atom. The van der Waals surface area contributed by atoms with Crippen LogP contribution in [0.5, 0.6) is 0 Å². The van der Waals surface area contributed by atoms with Crippen LogP contribution < -0.4 is 5.56 Å². The van der Waals surface area contributed by atoms with Gasteiger partial charge in [0.05, 0.1) is 5.69 Å². The summed E-state index contributed by atoms with van der Waals surface area (Å²) in [6, 6.07) is 0. The van der Waals surface area contributed by atoms with E-state index in [0.717, 1.165) is 5.69 Å². The third-order valence-corrected chi connectivity index (χ3v) is 3.39. The monoisotopic (exact) mass is 350 g/mol. The van der Waals surface area contributed by atoms with E-state index in [1.54, 1.807) is 0 Å². The highest BCUT2D eigenvalue weighted by Gasteiger charge is 2.23. The number of aromatic amines is 1. The molecule has 1 N–H and O–H groups in total. The second-order valence-corrected chi connectivity index (χ2v) is 6.04. The third-order valence-electron chi connectivity index (χ3n) is 2.39. The summed E-state index contributed by atoms with van der Waals surface area (Å²) in [6.07, 6.45) is -0.189. The number of ether oxygens (including phenoxy) is 1. The van der Waals surface area contributed by atoms with Gasteiger partial charge < -0.3 is 9.72 Å². The van der Waals surface area contributed by atoms with Crippen LogP contribution in [0.15, 0.2) is 4.79 Å². The molecule has 1 heterocycles. The summed E-state index contributed by atoms with van der Waals surface area (Å²) in [5.74, 6) is 0.599. The minimum atomic E-state index is -0.189. The predicted molar refractivity (Wildman–Crippen MR) is 76.3 cm³/mol. The molecule has 0 fully saturated rings. The zero-order valence-corrected chi connectivity index (χ0v) is 13.1. The van der Waals surface area contributed by atoms with Gasteiger partial charge in [0, 0.05) is 12.0 Å². The van der Waals surface area contributed by atoms with Gasteiger partial charge in [-0.05, 0) is 36.4 Å². The van der Waals surface area contributed by atoms with Crippen molar-refractivity contribution in [1.82, 2.24) is 9.97 Å². The molecule has 1 atom stereocenters. The zero-order chi connectivity index (χ0) is 13.2. The van der Waals surface area contributed by atoms with E-state index in [-0.39, 0.29) is 17.1 Å². The summed E-state index contributed by atoms with van der Waals surface area (Å²) in [5, 5.41) is 0. The van der Waals surface area contributed by atoms with Gasteiger partial charge in [0.2, 0.25) is 0 Å². The molecule has 96 valence electrons. The van der Waals surface area contributed by atoms with Gasteiger partial charge in [0.15, 0.2) is 0 Å². The second kappa shape index (κ2) is 5.48. The van der Waals surface area contributed by atoms with E-state index in [2.05, 4.69) is 9.97 Å². The smallest absolute Gasteiger partial charge is 0.264 e. The number of halogens is 1. The topological polar surface area (TPSA) is 55.0 Å². The minimum Gasteiger partial charge on any atom is -0.371 e. The molecule has 1 unspecified atom stereocenters. The molecule has 0 aliphatic heterocycles. The maximum Gasteiger partial charge on any atom is 0.264 e. The van der Waals surface area contributed by atoms with Crippen LogP contribution in [0.1, 0.15) is 52.2 Å². The molecule has 1 aromatic rings. The molecule has 0 amide bonds. The van der Waals surface area contributed by atoms with Crippen molar-refractivity contribution < 1.29 is 4.74 Å². The average molecular weight is 350 g/mol. The molecule has 0 aliphatic rings. The van der Waals surface area contributed by atoms with Gasteiger partial charge in [-0.3, -0.25) is 4.79 Å². The molecule has 17 heavy (non-hydrogen) atoms. The van der Waals surface area contributed by atoms with Crippen LogP contribution in [0.4, 0.5) is 0 Å². The summed E-state index contributed by atoms with van der Waals surface area (Å²) < 4.78 is 6.11. The van der Waals surface area contributed by atoms with Crippen LogP contribution in [-0.2, 0) is 10.2 Å². The quantitative estimate of drug-likeness (QED) is 0.853. The Bertz CT molecular complexity index is 449. The first-order chi connectivity index (χ1) is 7.77. The van der Waals surface area contributed by atoms with Crippen molar-refractivity contribution >= 4 is 22.6 Å². The molecule has 0 aliphatic carbocycles. The lowest BCUT2D eigenvalue weighted by Crippen LogP contribution is -2.26. The van der Waals surface area contributed by atoms with Gasteiger partial charge in [-0.25, -0.2) is 4.98 Å². The lowest BCUT2D eigenvalue weighted by atomic mass is 9.92. The van der Waals surface area contributed by atoms with Gasteiger partial charge in [-0.2, -0.15) is 0 Å². The Labute approximate surface area is 115 Å². The fraction of sp³-hybridized carbons (Fsp3) is 0.667. The molecular formula is C12H19IN2O2.